The molecule has 10 nitrogen and oxygen atoms in total. The van der Waals surface area contributed by atoms with Crippen LogP contribution in [0.3, 0.4) is 0 Å². The van der Waals surface area contributed by atoms with Gasteiger partial charge in [-0.2, -0.15) is 14.7 Å². The fourth-order valence-electron chi connectivity index (χ4n) is 0.517. The smallest absolute Gasteiger partial charge is 0.158 e. The Labute approximate surface area is 72.6 Å². The molecule has 1 rings (SSSR count). The van der Waals surface area contributed by atoms with Crippen molar-refractivity contribution >= 4 is 0 Å². The predicted octanol–water partition coefficient (Wildman–Crippen LogP) is -1.60. The van der Waals surface area contributed by atoms with Crippen LogP contribution >= 0.6 is 0 Å². The van der Waals surface area contributed by atoms with Gasteiger partial charge >= 0.3 is 6.26 Å². The highest BCUT2D eigenvalue weighted by Crippen LogP contribution is 2.07. The van der Waals surface area contributed by atoms with Crippen molar-refractivity contribution in [2.45, 2.75) is 6.92 Å². The van der Waals surface area contributed by atoms with Crippen molar-refractivity contribution in [2.75, 3.05) is 6.54 Å². The maximum absolute atomic E-state index is 8.28. The van der Waals surface area contributed by atoms with Crippen LogP contribution in [0.2, 0.25) is 0 Å². The second-order valence-electron chi connectivity index (χ2n) is 1.75. The molecule has 3 N–H and O–H groups in total. The largest absolute Gasteiger partial charge is 0.361 e. The summed E-state index contributed by atoms with van der Waals surface area (Å²) >= 11 is 0. The summed E-state index contributed by atoms with van der Waals surface area (Å²) in [6.07, 6.45) is 1.39. The Bertz CT molecular complexity index is 185. The van der Waals surface area contributed by atoms with Gasteiger partial charge in [-0.05, 0) is 12.6 Å². The molecule has 0 unspecified atom stereocenters. The molecule has 0 radical (unpaired) electrons. The highest BCUT2D eigenvalue weighted by atomic mass is 17.4. The minimum absolute atomic E-state index is 0.153. The van der Waals surface area contributed by atoms with Crippen molar-refractivity contribution in [2.24, 2.45) is 0 Å². The highest BCUT2D eigenvalue weighted by molar-refractivity contribution is 4.36. The van der Waals surface area contributed by atoms with Crippen LogP contribution in [0, 0.1) is 11.5 Å². The van der Waals surface area contributed by atoms with Crippen LogP contribution in [-0.4, -0.2) is 11.5 Å². The van der Waals surface area contributed by atoms with E-state index in [9.17, 15) is 0 Å². The number of rotatable bonds is 2. The molecular formula is C3H8N5O5+. The molecule has 0 saturated carbocycles. The van der Waals surface area contributed by atoms with E-state index in [0.29, 0.717) is 0 Å². The van der Waals surface area contributed by atoms with Gasteiger partial charge in [0, 0.05) is 21.2 Å². The zero-order chi connectivity index (χ0) is 9.57. The quantitative estimate of drug-likeness (QED) is 0.354. The number of nitriles is 1. The lowest BCUT2D eigenvalue weighted by Gasteiger charge is -2.23. The van der Waals surface area contributed by atoms with Crippen molar-refractivity contribution in [3.63, 3.8) is 0 Å². The minimum atomic E-state index is -0.960. The second kappa shape index (κ2) is 4.87. The van der Waals surface area contributed by atoms with E-state index in [-0.39, 0.29) is 6.54 Å². The first-order valence-electron chi connectivity index (χ1n) is 3.22. The number of nitrogens with zero attached hydrogens (tertiary/aromatic N) is 2. The van der Waals surface area contributed by atoms with E-state index < -0.39 is 4.97 Å². The Morgan fingerprint density at radius 3 is 2.38 bits per heavy atom. The van der Waals surface area contributed by atoms with Gasteiger partial charge in [-0.3, -0.25) is 0 Å². The first-order chi connectivity index (χ1) is 6.33. The summed E-state index contributed by atoms with van der Waals surface area (Å²) in [4.78, 5) is 21.4. The molecule has 1 aliphatic heterocycles. The van der Waals surface area contributed by atoms with Gasteiger partial charge in [0.25, 0.3) is 0 Å². The first kappa shape index (κ1) is 10.1. The lowest BCUT2D eigenvalue weighted by atomic mass is 10.8. The topological polar surface area (TPSA) is 106 Å². The van der Waals surface area contributed by atoms with Crippen molar-refractivity contribution in [1.29, 1.82) is 5.26 Å². The number of hydrogen-bond acceptors (Lipinski definition) is 9. The molecular weight excluding hydrogens is 186 g/mol. The molecule has 74 valence electrons. The molecule has 10 heteroatoms. The lowest BCUT2D eigenvalue weighted by Crippen LogP contribution is -2.56. The third-order valence-corrected chi connectivity index (χ3v) is 1.09. The van der Waals surface area contributed by atoms with Crippen LogP contribution in [0.15, 0.2) is 0 Å². The number of nitrogens with one attached hydrogen (secondary N) is 3. The van der Waals surface area contributed by atoms with Gasteiger partial charge in [0.2, 0.25) is 0 Å². The van der Waals surface area contributed by atoms with Gasteiger partial charge in [-0.15, -0.1) is 5.26 Å². The molecule has 0 bridgehead atoms. The van der Waals surface area contributed by atoms with Crippen LogP contribution in [0.4, 0.5) is 0 Å². The van der Waals surface area contributed by atoms with Gasteiger partial charge < -0.3 is 0 Å². The van der Waals surface area contributed by atoms with E-state index in [2.05, 4.69) is 24.6 Å². The second-order valence-corrected chi connectivity index (χ2v) is 1.75. The molecule has 1 aliphatic rings. The molecule has 1 saturated heterocycles. The van der Waals surface area contributed by atoms with Gasteiger partial charge in [0.05, 0.1) is 0 Å². The van der Waals surface area contributed by atoms with E-state index in [0.717, 1.165) is 0 Å². The third kappa shape index (κ3) is 2.73. The fourth-order valence-corrected chi connectivity index (χ4v) is 0.517. The summed E-state index contributed by atoms with van der Waals surface area (Å²) in [5.74, 6) is 0. The lowest BCUT2D eigenvalue weighted by molar-refractivity contribution is -1.38. The maximum atomic E-state index is 8.28. The fraction of sp³-hybridized carbons (Fsp3) is 0.667. The van der Waals surface area contributed by atoms with Gasteiger partial charge in [0.1, 0.15) is 0 Å². The van der Waals surface area contributed by atoms with Crippen LogP contribution in [0.5, 0.6) is 0 Å². The molecule has 0 aromatic carbocycles. The molecule has 13 heavy (non-hydrogen) atoms. The van der Waals surface area contributed by atoms with Crippen molar-refractivity contribution in [3.8, 4) is 6.26 Å². The molecule has 1 heterocycles. The van der Waals surface area contributed by atoms with Crippen molar-refractivity contribution in [1.82, 2.24) is 16.9 Å². The van der Waals surface area contributed by atoms with E-state index in [1.165, 1.54) is 6.26 Å². The Morgan fingerprint density at radius 2 is 1.92 bits per heavy atom. The summed E-state index contributed by atoms with van der Waals surface area (Å²) in [5.41, 5.74) is 5.69. The summed E-state index contributed by atoms with van der Waals surface area (Å²) in [6, 6.07) is 0. The van der Waals surface area contributed by atoms with Gasteiger partial charge in [-0.25, -0.2) is 0 Å². The Hall–Kier alpha value is -1.03. The summed E-state index contributed by atoms with van der Waals surface area (Å²) in [5, 5.41) is 8.28. The number of hydroxylamine groups is 3. The number of quaternary nitrogens is 1. The Morgan fingerprint density at radius 1 is 1.31 bits per heavy atom. The van der Waals surface area contributed by atoms with E-state index in [4.69, 9.17) is 5.26 Å². The minimum Gasteiger partial charge on any atom is -0.158 e. The molecule has 0 aromatic rings. The SMILES string of the molecule is CC[N+]1(OC#N)ONONONO1. The summed E-state index contributed by atoms with van der Waals surface area (Å²) < 4.78 is 0. The van der Waals surface area contributed by atoms with E-state index >= 15 is 0 Å². The average Bonchev–Trinajstić information content (AvgIpc) is 2.10. The molecule has 0 amide bonds. The monoisotopic (exact) mass is 194 g/mol. The van der Waals surface area contributed by atoms with Crippen LogP contribution in [0.1, 0.15) is 6.92 Å². The molecule has 0 aromatic heterocycles. The zero-order valence-electron chi connectivity index (χ0n) is 6.64. The van der Waals surface area contributed by atoms with Crippen LogP contribution in [-0.2, 0) is 24.6 Å². The first-order valence-corrected chi connectivity index (χ1v) is 3.22. The van der Waals surface area contributed by atoms with E-state index in [1.807, 2.05) is 16.9 Å². The van der Waals surface area contributed by atoms with Gasteiger partial charge in [-0.1, -0.05) is 0 Å². The molecule has 0 atom stereocenters. The Balaban J connectivity index is 2.53. The zero-order valence-corrected chi connectivity index (χ0v) is 6.64. The molecule has 1 fully saturated rings. The van der Waals surface area contributed by atoms with Crippen LogP contribution < -0.4 is 16.9 Å². The third-order valence-electron chi connectivity index (χ3n) is 1.09. The van der Waals surface area contributed by atoms with Crippen LogP contribution in [0.25, 0.3) is 0 Å². The Kier molecular flexibility index (Phi) is 3.76. The summed E-state index contributed by atoms with van der Waals surface area (Å²) in [7, 11) is 0. The predicted molar refractivity (Wildman–Crippen MR) is 31.2 cm³/mol. The molecule has 0 spiro atoms. The highest BCUT2D eigenvalue weighted by Gasteiger charge is 2.38. The normalized spacial score (nSPS) is 22.5. The maximum Gasteiger partial charge on any atom is 0.361 e. The summed E-state index contributed by atoms with van der Waals surface area (Å²) in [6.45, 7) is 1.79. The van der Waals surface area contributed by atoms with Gasteiger partial charge in [0.15, 0.2) is 11.5 Å². The molecule has 0 aliphatic carbocycles. The number of hydrogen-bond donors (Lipinski definition) is 3. The van der Waals surface area contributed by atoms with Crippen molar-refractivity contribution in [3.05, 3.63) is 0 Å². The standard InChI is InChI=1S/C3H8N5O5/c1-2-8(9-3-4)12-6-10-5-11-7-13-8/h5-7H,2H2,1H3/q+1. The average molecular weight is 194 g/mol. The van der Waals surface area contributed by atoms with Crippen molar-refractivity contribution < 1.29 is 29.6 Å². The van der Waals surface area contributed by atoms with E-state index in [1.54, 1.807) is 6.92 Å².